The highest BCUT2D eigenvalue weighted by atomic mass is 35.5. The normalized spacial score (nSPS) is 17.2. The number of hydrogen-bond donors (Lipinski definition) is 1. The SMILES string of the molecule is CC1=C(C(=O)OC(C)C)[C@H](c2ccccc2Cl)N2C(CC(=O)NCc3ccc(F)cc3)=CSC2=N1. The molecule has 0 saturated heterocycles. The fourth-order valence-corrected chi connectivity index (χ4v) is 5.13. The molecule has 0 unspecified atom stereocenters. The zero-order chi connectivity index (χ0) is 25.1. The molecule has 1 amide bonds. The van der Waals surface area contributed by atoms with Crippen molar-refractivity contribution in [1.82, 2.24) is 10.2 Å². The Hall–Kier alpha value is -3.10. The zero-order valence-electron chi connectivity index (χ0n) is 19.5. The van der Waals surface area contributed by atoms with Gasteiger partial charge in [-0.2, -0.15) is 0 Å². The second-order valence-corrected chi connectivity index (χ2v) is 9.69. The third kappa shape index (κ3) is 5.60. The number of halogens is 2. The number of fused-ring (bicyclic) bond motifs is 1. The summed E-state index contributed by atoms with van der Waals surface area (Å²) in [4.78, 5) is 32.5. The number of aliphatic imine (C=N–C) groups is 1. The first kappa shape index (κ1) is 25.0. The first-order chi connectivity index (χ1) is 16.7. The number of esters is 1. The second-order valence-electron chi connectivity index (χ2n) is 8.45. The van der Waals surface area contributed by atoms with E-state index in [1.54, 1.807) is 39.0 Å². The van der Waals surface area contributed by atoms with Gasteiger partial charge in [0.25, 0.3) is 0 Å². The number of rotatable bonds is 7. The number of carbonyl (C=O) groups is 2. The van der Waals surface area contributed by atoms with E-state index in [0.29, 0.717) is 27.2 Å². The van der Waals surface area contributed by atoms with Crippen molar-refractivity contribution in [3.05, 3.63) is 92.9 Å². The predicted octanol–water partition coefficient (Wildman–Crippen LogP) is 5.71. The van der Waals surface area contributed by atoms with Crippen LogP contribution in [0.15, 0.2) is 75.9 Å². The van der Waals surface area contributed by atoms with Gasteiger partial charge < -0.3 is 15.0 Å². The molecule has 2 aliphatic rings. The molecule has 2 heterocycles. The number of nitrogens with zero attached hydrogens (tertiary/aromatic N) is 2. The van der Waals surface area contributed by atoms with Crippen LogP contribution in [0.25, 0.3) is 0 Å². The predicted molar refractivity (Wildman–Crippen MR) is 136 cm³/mol. The first-order valence-electron chi connectivity index (χ1n) is 11.2. The summed E-state index contributed by atoms with van der Waals surface area (Å²) in [6, 6.07) is 12.7. The van der Waals surface area contributed by atoms with Crippen LogP contribution >= 0.6 is 23.4 Å². The number of amidine groups is 1. The maximum atomic E-state index is 13.2. The molecular formula is C26H25ClFN3O3S. The number of benzene rings is 2. The van der Waals surface area contributed by atoms with Crippen molar-refractivity contribution in [2.45, 2.75) is 45.9 Å². The second kappa shape index (κ2) is 10.7. The van der Waals surface area contributed by atoms with Crippen LogP contribution < -0.4 is 5.32 Å². The molecule has 1 N–H and O–H groups in total. The van der Waals surface area contributed by atoms with E-state index in [9.17, 15) is 14.0 Å². The third-order valence-corrected chi connectivity index (χ3v) is 6.74. The van der Waals surface area contributed by atoms with E-state index >= 15 is 0 Å². The molecule has 1 atom stereocenters. The average molecular weight is 514 g/mol. The van der Waals surface area contributed by atoms with Gasteiger partial charge in [-0.1, -0.05) is 53.7 Å². The van der Waals surface area contributed by atoms with Crippen molar-refractivity contribution in [2.24, 2.45) is 4.99 Å². The van der Waals surface area contributed by atoms with Crippen LogP contribution in [-0.2, 0) is 20.9 Å². The minimum absolute atomic E-state index is 0.0692. The molecular weight excluding hydrogens is 489 g/mol. The van der Waals surface area contributed by atoms with E-state index < -0.39 is 12.0 Å². The lowest BCUT2D eigenvalue weighted by Gasteiger charge is -2.36. The summed E-state index contributed by atoms with van der Waals surface area (Å²) >= 11 is 7.97. The van der Waals surface area contributed by atoms with Crippen LogP contribution in [0.5, 0.6) is 0 Å². The molecule has 0 aromatic heterocycles. The van der Waals surface area contributed by atoms with E-state index in [1.807, 2.05) is 28.5 Å². The molecule has 2 aromatic carbocycles. The molecule has 2 aromatic rings. The number of amides is 1. The molecule has 2 aliphatic heterocycles. The van der Waals surface area contributed by atoms with Crippen LogP contribution in [-0.4, -0.2) is 28.0 Å². The van der Waals surface area contributed by atoms with E-state index in [0.717, 1.165) is 11.1 Å². The highest BCUT2D eigenvalue weighted by molar-refractivity contribution is 8.16. The van der Waals surface area contributed by atoms with Crippen LogP contribution in [0.2, 0.25) is 5.02 Å². The van der Waals surface area contributed by atoms with Crippen molar-refractivity contribution in [2.75, 3.05) is 0 Å². The van der Waals surface area contributed by atoms with Crippen LogP contribution in [0.1, 0.15) is 44.4 Å². The highest BCUT2D eigenvalue weighted by Crippen LogP contribution is 2.46. The maximum Gasteiger partial charge on any atom is 0.338 e. The molecule has 6 nitrogen and oxygen atoms in total. The summed E-state index contributed by atoms with van der Waals surface area (Å²) in [6.45, 7) is 5.63. The summed E-state index contributed by atoms with van der Waals surface area (Å²) in [5, 5.41) is 5.89. The molecule has 0 bridgehead atoms. The average Bonchev–Trinajstić information content (AvgIpc) is 3.19. The Balaban J connectivity index is 1.61. The summed E-state index contributed by atoms with van der Waals surface area (Å²) in [6.07, 6.45) is -0.236. The standard InChI is InChI=1S/C26H25ClFN3O3S/c1-15(2)34-25(33)23-16(3)30-26-31(24(23)20-6-4-5-7-21(20)27)19(14-35-26)12-22(32)29-13-17-8-10-18(28)11-9-17/h4-11,14-15,24H,12-13H2,1-3H3,(H,29,32)/t24-/m0/s1. The van der Waals surface area contributed by atoms with E-state index in [4.69, 9.17) is 16.3 Å². The Labute approximate surface area is 212 Å². The number of hydrogen-bond acceptors (Lipinski definition) is 6. The Morgan fingerprint density at radius 3 is 2.60 bits per heavy atom. The maximum absolute atomic E-state index is 13.2. The summed E-state index contributed by atoms with van der Waals surface area (Å²) in [5.74, 6) is -1.01. The number of nitrogens with one attached hydrogen (secondary N) is 1. The summed E-state index contributed by atoms with van der Waals surface area (Å²) in [5.41, 5.74) is 3.14. The smallest absolute Gasteiger partial charge is 0.338 e. The van der Waals surface area contributed by atoms with Gasteiger partial charge in [-0.15, -0.1) is 0 Å². The lowest BCUT2D eigenvalue weighted by Crippen LogP contribution is -2.38. The zero-order valence-corrected chi connectivity index (χ0v) is 21.1. The minimum atomic E-state index is -0.589. The molecule has 0 aliphatic carbocycles. The van der Waals surface area contributed by atoms with Crippen molar-refractivity contribution in [3.63, 3.8) is 0 Å². The van der Waals surface area contributed by atoms with Crippen molar-refractivity contribution >= 4 is 40.4 Å². The molecule has 4 rings (SSSR count). The molecule has 0 saturated carbocycles. The largest absolute Gasteiger partial charge is 0.459 e. The number of allylic oxidation sites excluding steroid dienone is 1. The molecule has 0 spiro atoms. The lowest BCUT2D eigenvalue weighted by molar-refractivity contribution is -0.143. The van der Waals surface area contributed by atoms with Gasteiger partial charge in [0.1, 0.15) is 5.82 Å². The minimum Gasteiger partial charge on any atom is -0.459 e. The van der Waals surface area contributed by atoms with Crippen LogP contribution in [0.4, 0.5) is 4.39 Å². The third-order valence-electron chi connectivity index (χ3n) is 5.51. The van der Waals surface area contributed by atoms with Crippen LogP contribution in [0.3, 0.4) is 0 Å². The molecule has 182 valence electrons. The van der Waals surface area contributed by atoms with Crippen molar-refractivity contribution in [3.8, 4) is 0 Å². The molecule has 0 fully saturated rings. The molecule has 35 heavy (non-hydrogen) atoms. The monoisotopic (exact) mass is 513 g/mol. The van der Waals surface area contributed by atoms with Gasteiger partial charge in [0.05, 0.1) is 29.8 Å². The molecule has 0 radical (unpaired) electrons. The Kier molecular flexibility index (Phi) is 7.62. The fraction of sp³-hybridized carbons (Fsp3) is 0.269. The summed E-state index contributed by atoms with van der Waals surface area (Å²) < 4.78 is 18.7. The first-order valence-corrected chi connectivity index (χ1v) is 12.4. The summed E-state index contributed by atoms with van der Waals surface area (Å²) in [7, 11) is 0. The fourth-order valence-electron chi connectivity index (χ4n) is 3.93. The van der Waals surface area contributed by atoms with Gasteiger partial charge in [-0.25, -0.2) is 14.2 Å². The van der Waals surface area contributed by atoms with E-state index in [-0.39, 0.29) is 30.8 Å². The Morgan fingerprint density at radius 1 is 1.20 bits per heavy atom. The van der Waals surface area contributed by atoms with Gasteiger partial charge in [0.2, 0.25) is 5.91 Å². The quantitative estimate of drug-likeness (QED) is 0.480. The van der Waals surface area contributed by atoms with E-state index in [1.165, 1.54) is 23.9 Å². The van der Waals surface area contributed by atoms with Crippen LogP contribution in [0, 0.1) is 5.82 Å². The number of carbonyl (C=O) groups excluding carboxylic acids is 2. The Bertz CT molecular complexity index is 1240. The Morgan fingerprint density at radius 2 is 1.91 bits per heavy atom. The van der Waals surface area contributed by atoms with Gasteiger partial charge in [0.15, 0.2) is 5.17 Å². The van der Waals surface area contributed by atoms with E-state index in [2.05, 4.69) is 10.3 Å². The van der Waals surface area contributed by atoms with Crippen molar-refractivity contribution in [1.29, 1.82) is 0 Å². The van der Waals surface area contributed by atoms with Gasteiger partial charge in [-0.05, 0) is 55.5 Å². The lowest BCUT2D eigenvalue weighted by atomic mass is 9.93. The topological polar surface area (TPSA) is 71.0 Å². The number of ether oxygens (including phenoxy) is 1. The van der Waals surface area contributed by atoms with Gasteiger partial charge in [0, 0.05) is 17.3 Å². The van der Waals surface area contributed by atoms with Gasteiger partial charge >= 0.3 is 5.97 Å². The van der Waals surface area contributed by atoms with Crippen molar-refractivity contribution < 1.29 is 18.7 Å². The number of thioether (sulfide) groups is 1. The molecule has 9 heteroatoms. The highest BCUT2D eigenvalue weighted by Gasteiger charge is 2.42. The van der Waals surface area contributed by atoms with Gasteiger partial charge in [-0.3, -0.25) is 4.79 Å².